The normalized spacial score (nSPS) is 20.6. The molecular formula is C25H33N7O. The van der Waals surface area contributed by atoms with Crippen molar-refractivity contribution in [2.24, 2.45) is 0 Å². The lowest BCUT2D eigenvalue weighted by Gasteiger charge is -2.43. The zero-order valence-corrected chi connectivity index (χ0v) is 19.7. The Morgan fingerprint density at radius 1 is 1.03 bits per heavy atom. The number of hydrogen-bond donors (Lipinski definition) is 1. The molecular weight excluding hydrogens is 414 g/mol. The average Bonchev–Trinajstić information content (AvgIpc) is 3.56. The van der Waals surface area contributed by atoms with E-state index in [2.05, 4.69) is 42.3 Å². The van der Waals surface area contributed by atoms with E-state index in [9.17, 15) is 5.11 Å². The van der Waals surface area contributed by atoms with Gasteiger partial charge in [0.25, 0.3) is 0 Å². The smallest absolute Gasteiger partial charge is 0.0999 e. The molecule has 0 radical (unpaired) electrons. The van der Waals surface area contributed by atoms with Crippen LogP contribution >= 0.6 is 0 Å². The molecule has 174 valence electrons. The van der Waals surface area contributed by atoms with Crippen LogP contribution in [0.15, 0.2) is 43.2 Å². The molecule has 0 spiro atoms. The van der Waals surface area contributed by atoms with Gasteiger partial charge in [-0.15, -0.1) is 0 Å². The molecule has 0 aliphatic heterocycles. The molecule has 1 N–H and O–H groups in total. The molecule has 5 rings (SSSR count). The molecule has 1 aliphatic rings. The average molecular weight is 448 g/mol. The second-order valence-electron chi connectivity index (χ2n) is 9.41. The van der Waals surface area contributed by atoms with Crippen molar-refractivity contribution in [3.8, 4) is 22.5 Å². The van der Waals surface area contributed by atoms with E-state index in [4.69, 9.17) is 4.98 Å². The third-order valence-corrected chi connectivity index (χ3v) is 7.08. The van der Waals surface area contributed by atoms with Crippen molar-refractivity contribution >= 4 is 5.52 Å². The van der Waals surface area contributed by atoms with Gasteiger partial charge in [-0.2, -0.15) is 15.3 Å². The van der Waals surface area contributed by atoms with Crippen LogP contribution in [0.2, 0.25) is 0 Å². The molecule has 1 fully saturated rings. The van der Waals surface area contributed by atoms with Crippen LogP contribution in [0.25, 0.3) is 28.0 Å². The van der Waals surface area contributed by atoms with Gasteiger partial charge in [-0.25, -0.2) is 9.50 Å². The van der Waals surface area contributed by atoms with Gasteiger partial charge in [-0.3, -0.25) is 9.36 Å². The first kappa shape index (κ1) is 21.8. The summed E-state index contributed by atoms with van der Waals surface area (Å²) in [6.45, 7) is 6.54. The summed E-state index contributed by atoms with van der Waals surface area (Å²) < 4.78 is 5.90. The molecule has 0 saturated heterocycles. The fourth-order valence-electron chi connectivity index (χ4n) is 4.99. The molecule has 0 atom stereocenters. The number of fused-ring (bicyclic) bond motifs is 1. The maximum atomic E-state index is 10.7. The van der Waals surface area contributed by atoms with Crippen LogP contribution in [0.4, 0.5) is 0 Å². The molecule has 8 heteroatoms. The molecule has 1 aliphatic carbocycles. The standard InChI is InChI=1S/C25H33N7O/c1-4-7-9-25(33)11-21(12-25)31-15-18(13-27-31)22-17-32-23(8-10-26-32)24(29-22)19-14-28-30(16-19)20(5-2)6-3/h8,10,13-17,20-21,33H,4-7,9,11-12H2,1-3H3. The first-order valence-electron chi connectivity index (χ1n) is 12.2. The zero-order chi connectivity index (χ0) is 23.0. The van der Waals surface area contributed by atoms with Crippen LogP contribution in [-0.2, 0) is 0 Å². The zero-order valence-electron chi connectivity index (χ0n) is 19.7. The van der Waals surface area contributed by atoms with Crippen molar-refractivity contribution in [3.63, 3.8) is 0 Å². The van der Waals surface area contributed by atoms with Gasteiger partial charge in [0.2, 0.25) is 0 Å². The second kappa shape index (κ2) is 8.74. The summed E-state index contributed by atoms with van der Waals surface area (Å²) in [5.74, 6) is 0. The molecule has 0 amide bonds. The van der Waals surface area contributed by atoms with Gasteiger partial charge >= 0.3 is 0 Å². The topological polar surface area (TPSA) is 86.1 Å². The molecule has 33 heavy (non-hydrogen) atoms. The van der Waals surface area contributed by atoms with E-state index in [1.807, 2.05) is 44.7 Å². The Balaban J connectivity index is 1.43. The fraction of sp³-hybridized carbons (Fsp3) is 0.520. The van der Waals surface area contributed by atoms with E-state index in [1.54, 1.807) is 6.20 Å². The Kier molecular flexibility index (Phi) is 5.78. The Morgan fingerprint density at radius 2 is 1.82 bits per heavy atom. The van der Waals surface area contributed by atoms with Gasteiger partial charge in [-0.1, -0.05) is 33.6 Å². The van der Waals surface area contributed by atoms with Crippen LogP contribution < -0.4 is 0 Å². The van der Waals surface area contributed by atoms with Gasteiger partial charge < -0.3 is 5.11 Å². The second-order valence-corrected chi connectivity index (χ2v) is 9.41. The minimum absolute atomic E-state index is 0.242. The van der Waals surface area contributed by atoms with Gasteiger partial charge in [0, 0.05) is 23.5 Å². The molecule has 0 unspecified atom stereocenters. The minimum Gasteiger partial charge on any atom is -0.390 e. The summed E-state index contributed by atoms with van der Waals surface area (Å²) in [5.41, 5.74) is 4.05. The summed E-state index contributed by atoms with van der Waals surface area (Å²) in [6.07, 6.45) is 18.3. The number of rotatable bonds is 9. The Hall–Kier alpha value is -3.00. The molecule has 1 saturated carbocycles. The fourth-order valence-corrected chi connectivity index (χ4v) is 4.99. The maximum Gasteiger partial charge on any atom is 0.0999 e. The van der Waals surface area contributed by atoms with Crippen molar-refractivity contribution in [2.75, 3.05) is 0 Å². The highest BCUT2D eigenvalue weighted by molar-refractivity contribution is 5.78. The van der Waals surface area contributed by atoms with E-state index < -0.39 is 5.60 Å². The van der Waals surface area contributed by atoms with Gasteiger partial charge in [0.15, 0.2) is 0 Å². The van der Waals surface area contributed by atoms with E-state index in [-0.39, 0.29) is 6.04 Å². The number of unbranched alkanes of at least 4 members (excludes halogenated alkanes) is 1. The van der Waals surface area contributed by atoms with Gasteiger partial charge in [0.05, 0.1) is 59.4 Å². The van der Waals surface area contributed by atoms with Crippen LogP contribution in [0.5, 0.6) is 0 Å². The third-order valence-electron chi connectivity index (χ3n) is 7.08. The highest BCUT2D eigenvalue weighted by Gasteiger charge is 2.43. The predicted molar refractivity (Wildman–Crippen MR) is 128 cm³/mol. The number of hydrogen-bond acceptors (Lipinski definition) is 5. The van der Waals surface area contributed by atoms with E-state index >= 15 is 0 Å². The predicted octanol–water partition coefficient (Wildman–Crippen LogP) is 5.07. The maximum absolute atomic E-state index is 10.7. The molecule has 4 aromatic heterocycles. The van der Waals surface area contributed by atoms with Crippen LogP contribution in [0, 0.1) is 0 Å². The van der Waals surface area contributed by atoms with Crippen LogP contribution in [0.3, 0.4) is 0 Å². The first-order valence-corrected chi connectivity index (χ1v) is 12.2. The van der Waals surface area contributed by atoms with Crippen molar-refractivity contribution in [1.29, 1.82) is 0 Å². The lowest BCUT2D eigenvalue weighted by molar-refractivity contribution is -0.0777. The molecule has 4 aromatic rings. The summed E-state index contributed by atoms with van der Waals surface area (Å²) in [5, 5.41) is 24.3. The summed E-state index contributed by atoms with van der Waals surface area (Å²) in [7, 11) is 0. The number of aliphatic hydroxyl groups is 1. The SMILES string of the molecule is CCCCC1(O)CC(n2cc(-c3cn4nccc4c(-c4cnn(C(CC)CC)c4)n3)cn2)C1. The Bertz CT molecular complexity index is 1230. The lowest BCUT2D eigenvalue weighted by Crippen LogP contribution is -2.44. The molecule has 8 nitrogen and oxygen atoms in total. The van der Waals surface area contributed by atoms with Gasteiger partial charge in [-0.05, 0) is 38.2 Å². The van der Waals surface area contributed by atoms with Crippen molar-refractivity contribution < 1.29 is 5.11 Å². The Morgan fingerprint density at radius 3 is 2.58 bits per heavy atom. The lowest BCUT2D eigenvalue weighted by atomic mass is 9.73. The molecule has 4 heterocycles. The summed E-state index contributed by atoms with van der Waals surface area (Å²) in [4.78, 5) is 5.01. The highest BCUT2D eigenvalue weighted by Crippen LogP contribution is 2.44. The summed E-state index contributed by atoms with van der Waals surface area (Å²) in [6, 6.07) is 2.61. The minimum atomic E-state index is -0.527. The number of aromatic nitrogens is 7. The van der Waals surface area contributed by atoms with Crippen molar-refractivity contribution in [1.82, 2.24) is 34.2 Å². The van der Waals surface area contributed by atoms with E-state index in [1.165, 1.54) is 0 Å². The third kappa shape index (κ3) is 4.08. The monoisotopic (exact) mass is 447 g/mol. The van der Waals surface area contributed by atoms with E-state index in [0.29, 0.717) is 6.04 Å². The summed E-state index contributed by atoms with van der Waals surface area (Å²) >= 11 is 0. The first-order chi connectivity index (χ1) is 16.0. The van der Waals surface area contributed by atoms with Crippen LogP contribution in [-0.4, -0.2) is 44.9 Å². The largest absolute Gasteiger partial charge is 0.390 e. The highest BCUT2D eigenvalue weighted by atomic mass is 16.3. The van der Waals surface area contributed by atoms with Gasteiger partial charge in [0.1, 0.15) is 0 Å². The molecule has 0 aromatic carbocycles. The quantitative estimate of drug-likeness (QED) is 0.387. The van der Waals surface area contributed by atoms with Crippen molar-refractivity contribution in [3.05, 3.63) is 43.2 Å². The van der Waals surface area contributed by atoms with Crippen LogP contribution in [0.1, 0.15) is 77.8 Å². The Labute approximate surface area is 194 Å². The van der Waals surface area contributed by atoms with Crippen molar-refractivity contribution in [2.45, 2.75) is 83.4 Å². The van der Waals surface area contributed by atoms with E-state index in [0.717, 1.165) is 73.0 Å². The molecule has 0 bridgehead atoms. The number of nitrogens with zero attached hydrogens (tertiary/aromatic N) is 7.